The van der Waals surface area contributed by atoms with Crippen LogP contribution in [0.2, 0.25) is 0 Å². The number of aliphatic hydroxyl groups is 5. The molecular weight excluding hydrogens is 1070 g/mol. The largest absolute Gasteiger partial charge is 0.458 e. The normalized spacial score (nSPS) is 23.2. The molecule has 5 aliphatic rings. The number of carbonyl (C=O) groups is 9. The number of aromatic nitrogens is 2. The summed E-state index contributed by atoms with van der Waals surface area (Å²) in [5.74, 6) is -8.30. The standard InChI is InChI=1S/C52H62FN9O19/c1-5-52(77)27-12-32-43-25(15-61(32)49(75)26(27)18-80-51(52)76)41-29(7-6-24-23(4)28(53)13-30(58-43)40(24)41)57-37(67)20-78-21-56-35(65)14-55-47(73)31(19-79-50-46(72)45(71)44(70)33(17-63)81-50)59-48(74)42(22(2)3)60-34(64)10-11-54-36(66)16-62-38(68)8-9-39(62)69/h8-9,12-13,22,29,31,33,42,44-46,50,63,70-72,77H,5-7,10-11,14-21H2,1-4H3,(H,54,66)(H,55,73)(H,56,65)(H,57,67)(H,59,74)(H,60,64)/t29-,31-,33+,42-,44-,45-,46+,50+,52-/m0/s1. The van der Waals surface area contributed by atoms with Gasteiger partial charge < -0.3 is 80.9 Å². The molecule has 1 aromatic carbocycles. The van der Waals surface area contributed by atoms with Crippen molar-refractivity contribution in [3.8, 4) is 11.4 Å². The molecule has 1 aliphatic carbocycles. The van der Waals surface area contributed by atoms with Crippen LogP contribution < -0.4 is 37.5 Å². The second-order valence-electron chi connectivity index (χ2n) is 20.4. The van der Waals surface area contributed by atoms with Crippen molar-refractivity contribution in [3.63, 3.8) is 0 Å². The smallest absolute Gasteiger partial charge is 0.343 e. The first kappa shape index (κ1) is 59.5. The number of benzene rings is 1. The molecule has 4 aliphatic heterocycles. The van der Waals surface area contributed by atoms with E-state index in [2.05, 4.69) is 31.9 Å². The zero-order valence-corrected chi connectivity index (χ0v) is 44.4. The number of fused-ring (bicyclic) bond motifs is 5. The molecule has 8 rings (SSSR count). The Kier molecular flexibility index (Phi) is 18.1. The highest BCUT2D eigenvalue weighted by Crippen LogP contribution is 2.46. The van der Waals surface area contributed by atoms with Crippen LogP contribution in [0, 0.1) is 18.7 Å². The number of esters is 1. The molecule has 1 fully saturated rings. The topological polar surface area (TPSA) is 402 Å². The molecule has 0 spiro atoms. The van der Waals surface area contributed by atoms with E-state index in [-0.39, 0.29) is 54.9 Å². The number of nitrogens with one attached hydrogen (secondary N) is 6. The molecule has 3 aromatic rings. The molecule has 11 N–H and O–H groups in total. The molecule has 81 heavy (non-hydrogen) atoms. The van der Waals surface area contributed by atoms with Crippen LogP contribution in [0.1, 0.15) is 79.5 Å². The van der Waals surface area contributed by atoms with E-state index in [0.717, 1.165) is 12.2 Å². The summed E-state index contributed by atoms with van der Waals surface area (Å²) in [6.45, 7) is 1.66. The molecule has 29 heteroatoms. The highest BCUT2D eigenvalue weighted by molar-refractivity contribution is 6.14. The van der Waals surface area contributed by atoms with Crippen LogP contribution in [-0.2, 0) is 87.3 Å². The highest BCUT2D eigenvalue weighted by atomic mass is 19.1. The van der Waals surface area contributed by atoms with Crippen molar-refractivity contribution < 1.29 is 92.0 Å². The van der Waals surface area contributed by atoms with Gasteiger partial charge in [-0.3, -0.25) is 48.1 Å². The zero-order valence-electron chi connectivity index (χ0n) is 44.4. The molecule has 1 saturated heterocycles. The van der Waals surface area contributed by atoms with Gasteiger partial charge in [0.05, 0.1) is 54.8 Å². The third-order valence-electron chi connectivity index (χ3n) is 14.8. The molecular formula is C52H62FN9O19. The first-order chi connectivity index (χ1) is 38.5. The second-order valence-corrected chi connectivity index (χ2v) is 20.4. The van der Waals surface area contributed by atoms with Crippen LogP contribution in [0.4, 0.5) is 4.39 Å². The number of halogens is 1. The summed E-state index contributed by atoms with van der Waals surface area (Å²) in [7, 11) is 0. The Morgan fingerprint density at radius 3 is 2.32 bits per heavy atom. The monoisotopic (exact) mass is 1140 g/mol. The predicted molar refractivity (Wildman–Crippen MR) is 272 cm³/mol. The molecule has 6 heterocycles. The average Bonchev–Trinajstić information content (AvgIpc) is 3.33. The van der Waals surface area contributed by atoms with Gasteiger partial charge in [0.25, 0.3) is 17.4 Å². The molecule has 0 saturated carbocycles. The van der Waals surface area contributed by atoms with Gasteiger partial charge in [-0.25, -0.2) is 14.2 Å². The summed E-state index contributed by atoms with van der Waals surface area (Å²) in [6, 6.07) is -0.922. The maximum atomic E-state index is 15.4. The fraction of sp³-hybridized carbons (Fsp3) is 0.519. The van der Waals surface area contributed by atoms with Crippen molar-refractivity contribution in [3.05, 3.63) is 73.8 Å². The van der Waals surface area contributed by atoms with Crippen molar-refractivity contribution >= 4 is 64.1 Å². The Morgan fingerprint density at radius 2 is 1.63 bits per heavy atom. The summed E-state index contributed by atoms with van der Waals surface area (Å²) in [5.41, 5.74) is 0.700. The Balaban J connectivity index is 0.876. The van der Waals surface area contributed by atoms with Crippen LogP contribution in [0.15, 0.2) is 29.1 Å². The van der Waals surface area contributed by atoms with Gasteiger partial charge >= 0.3 is 5.97 Å². The Bertz CT molecular complexity index is 3150. The molecule has 2 aromatic heterocycles. The number of rotatable bonds is 22. The second kappa shape index (κ2) is 24.6. The summed E-state index contributed by atoms with van der Waals surface area (Å²) < 4.78 is 38.4. The third kappa shape index (κ3) is 12.2. The maximum absolute atomic E-state index is 15.4. The number of aryl methyl sites for hydroxylation is 1. The SMILES string of the molecule is CC[C@@]1(O)C(=O)OCc2c1cc1n(c2=O)Cc2c-1nc1cc(F)c(C)c3c1c2[C@@H](NC(=O)COCNC(=O)CNC(=O)[C@H](CO[C@@H]1O[C@H](CO)[C@H](O)[C@H](O)[C@H]1O)NC(=O)[C@@H](NC(=O)CCNC(=O)CN1C(=O)C=CC1=O)C(C)C)CC3. The number of pyridine rings is 2. The number of hydrogen-bond donors (Lipinski definition) is 11. The van der Waals surface area contributed by atoms with E-state index in [1.165, 1.54) is 16.7 Å². The summed E-state index contributed by atoms with van der Waals surface area (Å²) in [5, 5.41) is 67.6. The Hall–Kier alpha value is -7.64. The minimum Gasteiger partial charge on any atom is -0.458 e. The maximum Gasteiger partial charge on any atom is 0.343 e. The summed E-state index contributed by atoms with van der Waals surface area (Å²) >= 11 is 0. The highest BCUT2D eigenvalue weighted by Gasteiger charge is 2.47. The molecule has 28 nitrogen and oxygen atoms in total. The van der Waals surface area contributed by atoms with Crippen LogP contribution in [0.5, 0.6) is 0 Å². The van der Waals surface area contributed by atoms with Gasteiger partial charge in [-0.2, -0.15) is 0 Å². The fourth-order valence-corrected chi connectivity index (χ4v) is 10.3. The first-order valence-corrected chi connectivity index (χ1v) is 26.0. The van der Waals surface area contributed by atoms with Gasteiger partial charge in [0.15, 0.2) is 11.9 Å². The van der Waals surface area contributed by atoms with Gasteiger partial charge in [0, 0.05) is 47.7 Å². The summed E-state index contributed by atoms with van der Waals surface area (Å²) in [6.07, 6.45) is -6.44. The van der Waals surface area contributed by atoms with Crippen molar-refractivity contribution in [2.24, 2.45) is 5.92 Å². The lowest BCUT2D eigenvalue weighted by Gasteiger charge is -2.40. The van der Waals surface area contributed by atoms with E-state index in [1.807, 2.05) is 0 Å². The van der Waals surface area contributed by atoms with E-state index in [0.29, 0.717) is 51.1 Å². The number of carbonyl (C=O) groups excluding carboxylic acids is 9. The number of nitrogens with zero attached hydrogens (tertiary/aromatic N) is 3. The van der Waals surface area contributed by atoms with Crippen molar-refractivity contribution in [2.75, 3.05) is 46.2 Å². The van der Waals surface area contributed by atoms with Gasteiger partial charge in [-0.1, -0.05) is 20.8 Å². The average molecular weight is 1140 g/mol. The van der Waals surface area contributed by atoms with E-state index < -0.39 is 165 Å². The molecule has 0 bridgehead atoms. The van der Waals surface area contributed by atoms with Crippen molar-refractivity contribution in [2.45, 2.75) is 121 Å². The predicted octanol–water partition coefficient (Wildman–Crippen LogP) is -4.29. The number of amides is 8. The van der Waals surface area contributed by atoms with Gasteiger partial charge in [0.2, 0.25) is 35.4 Å². The van der Waals surface area contributed by atoms with Crippen molar-refractivity contribution in [1.29, 1.82) is 0 Å². The van der Waals surface area contributed by atoms with Gasteiger partial charge in [0.1, 0.15) is 68.8 Å². The molecule has 0 unspecified atom stereocenters. The van der Waals surface area contributed by atoms with Crippen LogP contribution in [0.25, 0.3) is 22.3 Å². The number of imide groups is 1. The summed E-state index contributed by atoms with van der Waals surface area (Å²) in [4.78, 5) is 135. The first-order valence-electron chi connectivity index (χ1n) is 26.0. The number of cyclic esters (lactones) is 1. The lowest BCUT2D eigenvalue weighted by atomic mass is 9.81. The number of hydrogen-bond acceptors (Lipinski definition) is 20. The van der Waals surface area contributed by atoms with Gasteiger partial charge in [-0.15, -0.1) is 0 Å². The fourth-order valence-electron chi connectivity index (χ4n) is 10.3. The van der Waals surface area contributed by atoms with Gasteiger partial charge in [-0.05, 0) is 54.9 Å². The lowest BCUT2D eigenvalue weighted by Crippen LogP contribution is -2.61. The Labute approximate surface area is 459 Å². The number of aliphatic hydroxyl groups excluding tert-OH is 4. The van der Waals surface area contributed by atoms with E-state index in [9.17, 15) is 73.5 Å². The van der Waals surface area contributed by atoms with Crippen LogP contribution >= 0.6 is 0 Å². The molecule has 436 valence electrons. The lowest BCUT2D eigenvalue weighted by molar-refractivity contribution is -0.301. The van der Waals surface area contributed by atoms with E-state index >= 15 is 4.39 Å². The van der Waals surface area contributed by atoms with Crippen molar-refractivity contribution in [1.82, 2.24) is 46.4 Å². The zero-order chi connectivity index (χ0) is 58.8. The van der Waals surface area contributed by atoms with Crippen LogP contribution in [-0.4, -0.2) is 182 Å². The minimum atomic E-state index is -2.09. The minimum absolute atomic E-state index is 0.00419. The number of ether oxygens (including phenoxy) is 4. The molecule has 9 atom stereocenters. The molecule has 0 radical (unpaired) electrons. The third-order valence-corrected chi connectivity index (χ3v) is 14.8. The molecule has 8 amide bonds. The van der Waals surface area contributed by atoms with E-state index in [1.54, 1.807) is 27.7 Å². The quantitative estimate of drug-likeness (QED) is 0.0154. The Morgan fingerprint density at radius 1 is 0.901 bits per heavy atom. The van der Waals surface area contributed by atoms with Crippen LogP contribution in [0.3, 0.4) is 0 Å². The van der Waals surface area contributed by atoms with E-state index in [4.69, 9.17) is 23.9 Å².